The van der Waals surface area contributed by atoms with E-state index in [1.165, 1.54) is 6.42 Å². The normalized spacial score (nSPS) is 24.6. The monoisotopic (exact) mass is 372 g/mol. The summed E-state index contributed by atoms with van der Waals surface area (Å²) in [6, 6.07) is 7.27. The Hall–Kier alpha value is -2.04. The van der Waals surface area contributed by atoms with Crippen LogP contribution in [0.25, 0.3) is 0 Å². The number of nitrogens with zero attached hydrogens (tertiary/aromatic N) is 1. The Kier molecular flexibility index (Phi) is 6.40. The van der Waals surface area contributed by atoms with Crippen LogP contribution in [0, 0.1) is 5.92 Å². The van der Waals surface area contributed by atoms with Crippen molar-refractivity contribution in [3.8, 4) is 5.75 Å². The van der Waals surface area contributed by atoms with Gasteiger partial charge in [0.25, 0.3) is 5.91 Å². The minimum absolute atomic E-state index is 0.00125. The van der Waals surface area contributed by atoms with Crippen LogP contribution in [0.2, 0.25) is 0 Å². The Morgan fingerprint density at radius 1 is 1.19 bits per heavy atom. The summed E-state index contributed by atoms with van der Waals surface area (Å²) in [5.41, 5.74) is 0.548. The van der Waals surface area contributed by atoms with Gasteiger partial charge in [0.05, 0.1) is 12.7 Å². The van der Waals surface area contributed by atoms with Crippen LogP contribution in [0.3, 0.4) is 0 Å². The molecule has 5 heteroatoms. The molecule has 1 heterocycles. The molecule has 1 aromatic carbocycles. The molecule has 3 rings (SSSR count). The molecule has 1 aliphatic heterocycles. The molecule has 0 spiro atoms. The maximum Gasteiger partial charge on any atom is 0.258 e. The molecule has 2 amide bonds. The van der Waals surface area contributed by atoms with Crippen LogP contribution in [0.4, 0.5) is 0 Å². The topological polar surface area (TPSA) is 58.6 Å². The summed E-state index contributed by atoms with van der Waals surface area (Å²) in [6.07, 6.45) is 6.99. The van der Waals surface area contributed by atoms with Crippen molar-refractivity contribution in [3.63, 3.8) is 0 Å². The van der Waals surface area contributed by atoms with E-state index in [1.54, 1.807) is 19.2 Å². The van der Waals surface area contributed by atoms with Crippen molar-refractivity contribution in [2.75, 3.05) is 7.11 Å². The molecule has 27 heavy (non-hydrogen) atoms. The maximum atomic E-state index is 13.5. The molecule has 148 valence electrons. The average molecular weight is 373 g/mol. The van der Waals surface area contributed by atoms with E-state index in [2.05, 4.69) is 19.2 Å². The number of ether oxygens (including phenoxy) is 1. The van der Waals surface area contributed by atoms with Gasteiger partial charge < -0.3 is 15.0 Å². The molecule has 3 unspecified atom stereocenters. The number of benzene rings is 1. The van der Waals surface area contributed by atoms with Gasteiger partial charge in [-0.2, -0.15) is 0 Å². The van der Waals surface area contributed by atoms with Gasteiger partial charge in [0.15, 0.2) is 0 Å². The van der Waals surface area contributed by atoms with E-state index in [9.17, 15) is 9.59 Å². The summed E-state index contributed by atoms with van der Waals surface area (Å²) >= 11 is 0. The number of nitrogens with one attached hydrogen (secondary N) is 1. The lowest BCUT2D eigenvalue weighted by atomic mass is 9.84. The van der Waals surface area contributed by atoms with Gasteiger partial charge in [0.1, 0.15) is 11.8 Å². The molecule has 1 aromatic rings. The molecule has 0 radical (unpaired) electrons. The quantitative estimate of drug-likeness (QED) is 0.827. The zero-order valence-corrected chi connectivity index (χ0v) is 16.7. The van der Waals surface area contributed by atoms with E-state index in [0.29, 0.717) is 17.2 Å². The number of carbonyl (C=O) groups excluding carboxylic acids is 2. The van der Waals surface area contributed by atoms with Crippen LogP contribution in [-0.4, -0.2) is 41.9 Å². The van der Waals surface area contributed by atoms with Gasteiger partial charge in [0, 0.05) is 12.1 Å². The van der Waals surface area contributed by atoms with Crippen molar-refractivity contribution in [2.24, 2.45) is 5.92 Å². The Balaban J connectivity index is 1.89. The number of hydrogen-bond acceptors (Lipinski definition) is 3. The third-order valence-electron chi connectivity index (χ3n) is 6.29. The zero-order chi connectivity index (χ0) is 19.4. The molecule has 1 aliphatic carbocycles. The lowest BCUT2D eigenvalue weighted by Crippen LogP contribution is -2.51. The number of para-hydroxylation sites is 1. The molecule has 0 bridgehead atoms. The second kappa shape index (κ2) is 8.77. The standard InChI is InChI=1S/C22H32N2O3/c1-4-16(5-2)23-21(25)19-14-15-10-6-8-12-18(15)24(19)22(26)17-11-7-9-13-20(17)27-3/h7,9,11,13,15-16,18-19H,4-6,8,10,12,14H2,1-3H3,(H,23,25). The first-order chi connectivity index (χ1) is 13.1. The first-order valence-corrected chi connectivity index (χ1v) is 10.4. The first-order valence-electron chi connectivity index (χ1n) is 10.4. The first kappa shape index (κ1) is 19.7. The largest absolute Gasteiger partial charge is 0.496 e. The Bertz CT molecular complexity index is 671. The molecule has 2 fully saturated rings. The number of amides is 2. The molecular formula is C22H32N2O3. The summed E-state index contributed by atoms with van der Waals surface area (Å²) in [5, 5.41) is 3.17. The lowest BCUT2D eigenvalue weighted by Gasteiger charge is -2.34. The molecule has 1 saturated heterocycles. The fourth-order valence-electron chi connectivity index (χ4n) is 4.74. The minimum Gasteiger partial charge on any atom is -0.496 e. The van der Waals surface area contributed by atoms with Crippen LogP contribution in [0.5, 0.6) is 5.75 Å². The number of methoxy groups -OCH3 is 1. The van der Waals surface area contributed by atoms with Crippen LogP contribution >= 0.6 is 0 Å². The van der Waals surface area contributed by atoms with Gasteiger partial charge in [-0.25, -0.2) is 0 Å². The van der Waals surface area contributed by atoms with Crippen molar-refractivity contribution in [1.29, 1.82) is 0 Å². The second-order valence-corrected chi connectivity index (χ2v) is 7.80. The smallest absolute Gasteiger partial charge is 0.258 e. The number of hydrogen-bond donors (Lipinski definition) is 1. The highest BCUT2D eigenvalue weighted by molar-refractivity contribution is 6.00. The summed E-state index contributed by atoms with van der Waals surface area (Å²) < 4.78 is 5.41. The molecule has 1 N–H and O–H groups in total. The van der Waals surface area contributed by atoms with E-state index in [1.807, 2.05) is 17.0 Å². The Morgan fingerprint density at radius 2 is 1.89 bits per heavy atom. The Morgan fingerprint density at radius 3 is 2.59 bits per heavy atom. The highest BCUT2D eigenvalue weighted by Crippen LogP contribution is 2.41. The fourth-order valence-corrected chi connectivity index (χ4v) is 4.74. The molecular weight excluding hydrogens is 340 g/mol. The number of rotatable bonds is 6. The molecule has 0 aromatic heterocycles. The summed E-state index contributed by atoms with van der Waals surface area (Å²) in [6.45, 7) is 4.17. The van der Waals surface area contributed by atoms with Gasteiger partial charge in [-0.1, -0.05) is 38.8 Å². The third kappa shape index (κ3) is 3.97. The van der Waals surface area contributed by atoms with E-state index < -0.39 is 0 Å². The predicted molar refractivity (Wildman–Crippen MR) is 106 cm³/mol. The van der Waals surface area contributed by atoms with Crippen molar-refractivity contribution < 1.29 is 14.3 Å². The van der Waals surface area contributed by atoms with Gasteiger partial charge in [-0.05, 0) is 50.2 Å². The molecule has 2 aliphatic rings. The fraction of sp³-hybridized carbons (Fsp3) is 0.636. The van der Waals surface area contributed by atoms with Crippen molar-refractivity contribution in [1.82, 2.24) is 10.2 Å². The van der Waals surface area contributed by atoms with E-state index in [4.69, 9.17) is 4.74 Å². The third-order valence-corrected chi connectivity index (χ3v) is 6.29. The number of fused-ring (bicyclic) bond motifs is 1. The number of carbonyl (C=O) groups is 2. The molecule has 3 atom stereocenters. The predicted octanol–water partition coefficient (Wildman–Crippen LogP) is 3.77. The highest BCUT2D eigenvalue weighted by Gasteiger charge is 2.48. The highest BCUT2D eigenvalue weighted by atomic mass is 16.5. The van der Waals surface area contributed by atoms with Gasteiger partial charge >= 0.3 is 0 Å². The maximum absolute atomic E-state index is 13.5. The zero-order valence-electron chi connectivity index (χ0n) is 16.7. The minimum atomic E-state index is -0.379. The van der Waals surface area contributed by atoms with Crippen molar-refractivity contribution in [2.45, 2.75) is 76.9 Å². The van der Waals surface area contributed by atoms with E-state index >= 15 is 0 Å². The SMILES string of the molecule is CCC(CC)NC(=O)C1CC2CCCCC2N1C(=O)c1ccccc1OC. The lowest BCUT2D eigenvalue weighted by molar-refractivity contribution is -0.126. The van der Waals surface area contributed by atoms with Crippen LogP contribution in [0.15, 0.2) is 24.3 Å². The van der Waals surface area contributed by atoms with Crippen LogP contribution < -0.4 is 10.1 Å². The van der Waals surface area contributed by atoms with E-state index in [0.717, 1.165) is 38.5 Å². The Labute approximate surface area is 162 Å². The van der Waals surface area contributed by atoms with Gasteiger partial charge in [-0.15, -0.1) is 0 Å². The average Bonchev–Trinajstić information content (AvgIpc) is 3.11. The van der Waals surface area contributed by atoms with E-state index in [-0.39, 0.29) is 29.9 Å². The molecule has 5 nitrogen and oxygen atoms in total. The molecule has 1 saturated carbocycles. The summed E-state index contributed by atoms with van der Waals surface area (Å²) in [5.74, 6) is 0.920. The second-order valence-electron chi connectivity index (χ2n) is 7.80. The summed E-state index contributed by atoms with van der Waals surface area (Å²) in [4.78, 5) is 28.4. The van der Waals surface area contributed by atoms with Crippen molar-refractivity contribution in [3.05, 3.63) is 29.8 Å². The number of likely N-dealkylation sites (tertiary alicyclic amines) is 1. The summed E-state index contributed by atoms with van der Waals surface area (Å²) in [7, 11) is 1.58. The van der Waals surface area contributed by atoms with Gasteiger partial charge in [-0.3, -0.25) is 9.59 Å². The van der Waals surface area contributed by atoms with Crippen molar-refractivity contribution >= 4 is 11.8 Å². The van der Waals surface area contributed by atoms with Gasteiger partial charge in [0.2, 0.25) is 5.91 Å². The van der Waals surface area contributed by atoms with Crippen LogP contribution in [-0.2, 0) is 4.79 Å². The van der Waals surface area contributed by atoms with Crippen LogP contribution in [0.1, 0.15) is 69.2 Å².